The van der Waals surface area contributed by atoms with Crippen molar-refractivity contribution in [3.63, 3.8) is 0 Å². The second-order valence-electron chi connectivity index (χ2n) is 6.39. The Morgan fingerprint density at radius 2 is 1.62 bits per heavy atom. The van der Waals surface area contributed by atoms with Crippen LogP contribution in [0.2, 0.25) is 0 Å². The van der Waals surface area contributed by atoms with E-state index in [1.54, 1.807) is 6.92 Å². The summed E-state index contributed by atoms with van der Waals surface area (Å²) in [6.45, 7) is 1.72. The van der Waals surface area contributed by atoms with Crippen LogP contribution in [0.3, 0.4) is 0 Å². The van der Waals surface area contributed by atoms with Crippen LogP contribution in [-0.2, 0) is 4.79 Å². The van der Waals surface area contributed by atoms with Gasteiger partial charge in [-0.15, -0.1) is 0 Å². The van der Waals surface area contributed by atoms with E-state index in [1.165, 1.54) is 0 Å². The molecule has 3 N–H and O–H groups in total. The van der Waals surface area contributed by atoms with Gasteiger partial charge in [-0.1, -0.05) is 55.5 Å². The Hall–Kier alpha value is -3.39. The van der Waals surface area contributed by atoms with Crippen molar-refractivity contribution >= 4 is 33.4 Å². The van der Waals surface area contributed by atoms with Crippen LogP contribution >= 0.6 is 0 Å². The molecular weight excluding hydrogens is 326 g/mol. The van der Waals surface area contributed by atoms with E-state index in [0.717, 1.165) is 21.5 Å². The minimum Gasteiger partial charge on any atom is -0.368 e. The molecule has 3 aromatic rings. The number of nitrogens with two attached hydrogens (primary N) is 1. The first-order valence-corrected chi connectivity index (χ1v) is 8.40. The van der Waals surface area contributed by atoms with Gasteiger partial charge in [-0.05, 0) is 33.5 Å². The Kier molecular flexibility index (Phi) is 4.85. The zero-order chi connectivity index (χ0) is 18.7. The van der Waals surface area contributed by atoms with Crippen molar-refractivity contribution in [1.29, 1.82) is 5.26 Å². The average Bonchev–Trinajstić information content (AvgIpc) is 2.63. The Balaban J connectivity index is 2.12. The third-order valence-corrected chi connectivity index (χ3v) is 4.57. The van der Waals surface area contributed by atoms with E-state index >= 15 is 0 Å². The minimum absolute atomic E-state index is 0.129. The molecule has 3 rings (SSSR count). The maximum Gasteiger partial charge on any atom is 0.253 e. The van der Waals surface area contributed by atoms with Crippen LogP contribution in [0.25, 0.3) is 21.5 Å². The zero-order valence-corrected chi connectivity index (χ0v) is 14.4. The molecule has 2 amide bonds. The van der Waals surface area contributed by atoms with Crippen LogP contribution in [0.15, 0.2) is 54.6 Å². The van der Waals surface area contributed by atoms with Crippen molar-refractivity contribution in [3.8, 4) is 6.07 Å². The number of nitrogens with zero attached hydrogens (tertiary/aromatic N) is 1. The molecule has 5 heteroatoms. The van der Waals surface area contributed by atoms with Crippen LogP contribution < -0.4 is 11.1 Å². The van der Waals surface area contributed by atoms with Gasteiger partial charge in [0.25, 0.3) is 5.91 Å². The fourth-order valence-electron chi connectivity index (χ4n) is 3.23. The van der Waals surface area contributed by atoms with Gasteiger partial charge < -0.3 is 11.1 Å². The molecule has 0 spiro atoms. The van der Waals surface area contributed by atoms with E-state index in [4.69, 9.17) is 11.0 Å². The van der Waals surface area contributed by atoms with Crippen molar-refractivity contribution in [2.24, 2.45) is 11.7 Å². The predicted octanol–water partition coefficient (Wildman–Crippen LogP) is 3.13. The monoisotopic (exact) mass is 345 g/mol. The average molecular weight is 345 g/mol. The van der Waals surface area contributed by atoms with Crippen molar-refractivity contribution in [2.45, 2.75) is 19.4 Å². The lowest BCUT2D eigenvalue weighted by atomic mass is 9.94. The third kappa shape index (κ3) is 3.22. The van der Waals surface area contributed by atoms with Crippen molar-refractivity contribution in [1.82, 2.24) is 5.32 Å². The summed E-state index contributed by atoms with van der Waals surface area (Å²) in [4.78, 5) is 24.9. The molecule has 0 fully saturated rings. The summed E-state index contributed by atoms with van der Waals surface area (Å²) in [5.74, 6) is -1.39. The number of carbonyl (C=O) groups excluding carboxylic acids is 2. The molecule has 0 aliphatic heterocycles. The molecule has 0 aromatic heterocycles. The SMILES string of the molecule is C[C@@H](CC#N)[C@H](NC(=O)c1c2ccccc2cc2ccccc12)C(N)=O. The molecule has 0 saturated heterocycles. The Bertz CT molecular complexity index is 982. The molecule has 5 nitrogen and oxygen atoms in total. The molecular formula is C21H19N3O2. The highest BCUT2D eigenvalue weighted by atomic mass is 16.2. The van der Waals surface area contributed by atoms with Crippen LogP contribution in [0.1, 0.15) is 23.7 Å². The molecule has 3 aromatic carbocycles. The third-order valence-electron chi connectivity index (χ3n) is 4.57. The Morgan fingerprint density at radius 3 is 2.12 bits per heavy atom. The van der Waals surface area contributed by atoms with Crippen molar-refractivity contribution in [3.05, 3.63) is 60.2 Å². The highest BCUT2D eigenvalue weighted by molar-refractivity contribution is 6.18. The van der Waals surface area contributed by atoms with E-state index in [9.17, 15) is 9.59 Å². The number of nitrogens with one attached hydrogen (secondary N) is 1. The van der Waals surface area contributed by atoms with Crippen LogP contribution in [0.4, 0.5) is 0 Å². The van der Waals surface area contributed by atoms with E-state index in [2.05, 4.69) is 5.32 Å². The van der Waals surface area contributed by atoms with Gasteiger partial charge in [-0.25, -0.2) is 0 Å². The highest BCUT2D eigenvalue weighted by Crippen LogP contribution is 2.28. The van der Waals surface area contributed by atoms with Gasteiger partial charge in [0.15, 0.2) is 0 Å². The number of carbonyl (C=O) groups is 2. The Morgan fingerprint density at radius 1 is 1.08 bits per heavy atom. The number of benzene rings is 3. The van der Waals surface area contributed by atoms with Gasteiger partial charge in [0, 0.05) is 6.42 Å². The standard InChI is InChI=1S/C21H19N3O2/c1-13(10-11-22)19(20(23)25)24-21(26)18-16-8-4-2-6-14(16)12-15-7-3-5-9-17(15)18/h2-9,12-13,19H,10H2,1H3,(H2,23,25)(H,24,26)/t13-,19-/m0/s1. The van der Waals surface area contributed by atoms with Crippen molar-refractivity contribution < 1.29 is 9.59 Å². The normalized spacial score (nSPS) is 13.1. The predicted molar refractivity (Wildman–Crippen MR) is 101 cm³/mol. The Labute approximate surface area is 151 Å². The lowest BCUT2D eigenvalue weighted by Gasteiger charge is -2.21. The molecule has 0 radical (unpaired) electrons. The van der Waals surface area contributed by atoms with Crippen LogP contribution in [0, 0.1) is 17.2 Å². The van der Waals surface area contributed by atoms with E-state index in [1.807, 2.05) is 60.7 Å². The van der Waals surface area contributed by atoms with E-state index in [0.29, 0.717) is 5.56 Å². The number of hydrogen-bond acceptors (Lipinski definition) is 3. The molecule has 0 saturated carbocycles. The molecule has 0 aliphatic carbocycles. The minimum atomic E-state index is -0.903. The number of rotatable bonds is 5. The first-order chi connectivity index (χ1) is 12.5. The fourth-order valence-corrected chi connectivity index (χ4v) is 3.23. The van der Waals surface area contributed by atoms with Crippen molar-refractivity contribution in [2.75, 3.05) is 0 Å². The van der Waals surface area contributed by atoms with E-state index in [-0.39, 0.29) is 18.2 Å². The maximum absolute atomic E-state index is 13.1. The lowest BCUT2D eigenvalue weighted by molar-refractivity contribution is -0.120. The summed E-state index contributed by atoms with van der Waals surface area (Å²) in [7, 11) is 0. The summed E-state index contributed by atoms with van der Waals surface area (Å²) < 4.78 is 0. The quantitative estimate of drug-likeness (QED) is 0.695. The molecule has 0 aliphatic rings. The van der Waals surface area contributed by atoms with Gasteiger partial charge in [-0.2, -0.15) is 5.26 Å². The van der Waals surface area contributed by atoms with Gasteiger partial charge in [0.05, 0.1) is 11.6 Å². The summed E-state index contributed by atoms with van der Waals surface area (Å²) in [6, 6.07) is 18.4. The lowest BCUT2D eigenvalue weighted by Crippen LogP contribution is -2.48. The first-order valence-electron chi connectivity index (χ1n) is 8.40. The number of hydrogen-bond donors (Lipinski definition) is 2. The maximum atomic E-state index is 13.1. The highest BCUT2D eigenvalue weighted by Gasteiger charge is 2.26. The summed E-state index contributed by atoms with van der Waals surface area (Å²) in [5, 5.41) is 15.1. The van der Waals surface area contributed by atoms with Gasteiger partial charge in [0.2, 0.25) is 5.91 Å². The fraction of sp³-hybridized carbons (Fsp3) is 0.190. The van der Waals surface area contributed by atoms with Gasteiger partial charge >= 0.3 is 0 Å². The topological polar surface area (TPSA) is 96.0 Å². The zero-order valence-electron chi connectivity index (χ0n) is 14.4. The summed E-state index contributed by atoms with van der Waals surface area (Å²) >= 11 is 0. The number of fused-ring (bicyclic) bond motifs is 2. The molecule has 130 valence electrons. The number of nitriles is 1. The second-order valence-corrected chi connectivity index (χ2v) is 6.39. The van der Waals surface area contributed by atoms with E-state index < -0.39 is 11.9 Å². The molecule has 0 heterocycles. The molecule has 2 atom stereocenters. The molecule has 0 bridgehead atoms. The molecule has 0 unspecified atom stereocenters. The van der Waals surface area contributed by atoms with Gasteiger partial charge in [0.1, 0.15) is 6.04 Å². The number of amides is 2. The van der Waals surface area contributed by atoms with Gasteiger partial charge in [-0.3, -0.25) is 9.59 Å². The number of primary amides is 1. The van der Waals surface area contributed by atoms with Crippen LogP contribution in [-0.4, -0.2) is 17.9 Å². The molecule has 26 heavy (non-hydrogen) atoms. The smallest absolute Gasteiger partial charge is 0.253 e. The summed E-state index contributed by atoms with van der Waals surface area (Å²) in [6.07, 6.45) is 0.129. The summed E-state index contributed by atoms with van der Waals surface area (Å²) in [5.41, 5.74) is 5.96. The first kappa shape index (κ1) is 17.4. The largest absolute Gasteiger partial charge is 0.368 e. The van der Waals surface area contributed by atoms with Crippen LogP contribution in [0.5, 0.6) is 0 Å². The second kappa shape index (κ2) is 7.24.